The third kappa shape index (κ3) is 0.990. The van der Waals surface area contributed by atoms with Gasteiger partial charge in [0.25, 0.3) is 0 Å². The van der Waals surface area contributed by atoms with Gasteiger partial charge in [0.2, 0.25) is 5.96 Å². The number of aliphatic carboxylic acids is 1. The summed E-state index contributed by atoms with van der Waals surface area (Å²) >= 11 is 0. The van der Waals surface area contributed by atoms with Crippen molar-refractivity contribution in [3.63, 3.8) is 0 Å². The number of carboxylic acid groups (broad SMARTS) is 1. The van der Waals surface area contributed by atoms with Crippen LogP contribution in [0.5, 0.6) is 0 Å². The molecule has 0 aromatic carbocycles. The second-order valence-corrected chi connectivity index (χ2v) is 2.52. The minimum atomic E-state index is -0.954. The van der Waals surface area contributed by atoms with Gasteiger partial charge in [-0.05, 0) is 0 Å². The van der Waals surface area contributed by atoms with Gasteiger partial charge in [-0.3, -0.25) is 0 Å². The van der Waals surface area contributed by atoms with E-state index in [1.165, 1.54) is 6.21 Å². The molecule has 5 heteroatoms. The number of hydrogen-bond donors (Lipinski definition) is 1. The van der Waals surface area contributed by atoms with E-state index in [1.807, 2.05) is 0 Å². The van der Waals surface area contributed by atoms with E-state index in [0.29, 0.717) is 12.5 Å². The predicted molar refractivity (Wildman–Crippen MR) is 43.2 cm³/mol. The van der Waals surface area contributed by atoms with Crippen LogP contribution in [0.15, 0.2) is 21.8 Å². The zero-order valence-electron chi connectivity index (χ0n) is 6.27. The van der Waals surface area contributed by atoms with Crippen LogP contribution in [0.2, 0.25) is 0 Å². The highest BCUT2D eigenvalue weighted by Gasteiger charge is 2.19. The van der Waals surface area contributed by atoms with Crippen LogP contribution < -0.4 is 0 Å². The van der Waals surface area contributed by atoms with Gasteiger partial charge < -0.3 is 10.0 Å². The zero-order chi connectivity index (χ0) is 8.55. The quantitative estimate of drug-likeness (QED) is 0.580. The molecule has 0 aliphatic carbocycles. The first-order valence-electron chi connectivity index (χ1n) is 3.57. The first-order valence-corrected chi connectivity index (χ1v) is 3.57. The molecule has 0 aromatic rings. The highest BCUT2D eigenvalue weighted by molar-refractivity contribution is 6.13. The summed E-state index contributed by atoms with van der Waals surface area (Å²) in [5.74, 6) is -0.343. The smallest absolute Gasteiger partial charge is 0.338 e. The Hall–Kier alpha value is -1.65. The fourth-order valence-electron chi connectivity index (χ4n) is 1.12. The van der Waals surface area contributed by atoms with E-state index in [2.05, 4.69) is 9.98 Å². The van der Waals surface area contributed by atoms with E-state index >= 15 is 0 Å². The van der Waals surface area contributed by atoms with Crippen LogP contribution in [0.25, 0.3) is 0 Å². The number of fused-ring (bicyclic) bond motifs is 1. The molecule has 0 atom stereocenters. The van der Waals surface area contributed by atoms with Crippen molar-refractivity contribution in [1.29, 1.82) is 0 Å². The van der Waals surface area contributed by atoms with Gasteiger partial charge in [-0.2, -0.15) is 0 Å². The average Bonchev–Trinajstić information content (AvgIpc) is 2.49. The molecule has 0 aromatic heterocycles. The van der Waals surface area contributed by atoms with Crippen molar-refractivity contribution in [3.05, 3.63) is 11.8 Å². The Balaban J connectivity index is 2.28. The number of carboxylic acids is 1. The Bertz CT molecular complexity index is 317. The molecule has 2 aliphatic heterocycles. The van der Waals surface area contributed by atoms with Crippen molar-refractivity contribution in [2.45, 2.75) is 0 Å². The second kappa shape index (κ2) is 2.44. The van der Waals surface area contributed by atoms with Gasteiger partial charge in [0.15, 0.2) is 0 Å². The lowest BCUT2D eigenvalue weighted by molar-refractivity contribution is -0.132. The average molecular weight is 165 g/mol. The zero-order valence-corrected chi connectivity index (χ0v) is 6.27. The Labute approximate surface area is 68.7 Å². The molecule has 0 radical (unpaired) electrons. The molecule has 0 spiro atoms. The van der Waals surface area contributed by atoms with Crippen molar-refractivity contribution in [2.75, 3.05) is 13.1 Å². The summed E-state index contributed by atoms with van der Waals surface area (Å²) < 4.78 is 0. The van der Waals surface area contributed by atoms with Crippen LogP contribution in [0.3, 0.4) is 0 Å². The minimum absolute atomic E-state index is 0.204. The second-order valence-electron chi connectivity index (χ2n) is 2.52. The molecule has 2 heterocycles. The van der Waals surface area contributed by atoms with Gasteiger partial charge in [0.1, 0.15) is 0 Å². The van der Waals surface area contributed by atoms with Crippen LogP contribution in [0, 0.1) is 0 Å². The van der Waals surface area contributed by atoms with Crippen LogP contribution >= 0.6 is 0 Å². The monoisotopic (exact) mass is 165 g/mol. The summed E-state index contributed by atoms with van der Waals surface area (Å²) in [6.45, 7) is 1.42. The number of guanidine groups is 1. The molecule has 0 bridgehead atoms. The molecule has 2 aliphatic rings. The Morgan fingerprint density at radius 3 is 3.25 bits per heavy atom. The van der Waals surface area contributed by atoms with Gasteiger partial charge in [-0.15, -0.1) is 0 Å². The molecule has 12 heavy (non-hydrogen) atoms. The van der Waals surface area contributed by atoms with Crippen molar-refractivity contribution in [2.24, 2.45) is 9.98 Å². The Morgan fingerprint density at radius 1 is 1.67 bits per heavy atom. The first-order chi connectivity index (χ1) is 5.77. The molecular weight excluding hydrogens is 158 g/mol. The molecule has 5 nitrogen and oxygen atoms in total. The number of rotatable bonds is 1. The Morgan fingerprint density at radius 2 is 2.50 bits per heavy atom. The third-order valence-corrected chi connectivity index (χ3v) is 1.71. The highest BCUT2D eigenvalue weighted by Crippen LogP contribution is 2.10. The first kappa shape index (κ1) is 7.02. The van der Waals surface area contributed by atoms with Crippen LogP contribution in [-0.4, -0.2) is 41.2 Å². The maximum absolute atomic E-state index is 10.5. The molecular formula is C7H7N3O2. The van der Waals surface area contributed by atoms with Crippen molar-refractivity contribution in [3.8, 4) is 0 Å². The van der Waals surface area contributed by atoms with Crippen LogP contribution in [0.4, 0.5) is 0 Å². The molecule has 0 fully saturated rings. The summed E-state index contributed by atoms with van der Waals surface area (Å²) in [6, 6.07) is 0. The van der Waals surface area contributed by atoms with Gasteiger partial charge in [0, 0.05) is 19.0 Å². The lowest BCUT2D eigenvalue weighted by Crippen LogP contribution is -2.25. The summed E-state index contributed by atoms with van der Waals surface area (Å²) in [4.78, 5) is 20.2. The van der Waals surface area contributed by atoms with E-state index in [0.717, 1.165) is 6.54 Å². The topological polar surface area (TPSA) is 65.3 Å². The summed E-state index contributed by atoms with van der Waals surface area (Å²) in [5, 5.41) is 8.63. The molecule has 0 unspecified atom stereocenters. The van der Waals surface area contributed by atoms with E-state index in [-0.39, 0.29) is 5.57 Å². The van der Waals surface area contributed by atoms with Crippen molar-refractivity contribution < 1.29 is 9.90 Å². The normalized spacial score (nSPS) is 20.2. The number of carbonyl (C=O) groups is 1. The highest BCUT2D eigenvalue weighted by atomic mass is 16.4. The standard InChI is InChI=1S/C7H7N3O2/c11-6(12)5-3-9-7-8-1-2-10(7)4-5/h3-4H,1-2H2,(H,11,12). The van der Waals surface area contributed by atoms with E-state index in [9.17, 15) is 4.79 Å². The summed E-state index contributed by atoms with van der Waals surface area (Å²) in [5.41, 5.74) is 0.204. The van der Waals surface area contributed by atoms with E-state index in [4.69, 9.17) is 5.11 Å². The van der Waals surface area contributed by atoms with Crippen molar-refractivity contribution in [1.82, 2.24) is 4.90 Å². The largest absolute Gasteiger partial charge is 0.478 e. The summed E-state index contributed by atoms with van der Waals surface area (Å²) in [7, 11) is 0. The van der Waals surface area contributed by atoms with Crippen LogP contribution in [-0.2, 0) is 4.79 Å². The predicted octanol–water partition coefficient (Wildman–Crippen LogP) is -0.289. The van der Waals surface area contributed by atoms with Crippen molar-refractivity contribution >= 4 is 18.1 Å². The molecule has 2 rings (SSSR count). The fourth-order valence-corrected chi connectivity index (χ4v) is 1.12. The number of hydrogen-bond acceptors (Lipinski definition) is 4. The number of aliphatic imine (C=N–C) groups is 2. The van der Waals surface area contributed by atoms with E-state index < -0.39 is 5.97 Å². The fraction of sp³-hybridized carbons (Fsp3) is 0.286. The van der Waals surface area contributed by atoms with Gasteiger partial charge in [-0.1, -0.05) is 0 Å². The Kier molecular flexibility index (Phi) is 1.43. The van der Waals surface area contributed by atoms with Gasteiger partial charge in [-0.25, -0.2) is 14.8 Å². The van der Waals surface area contributed by atoms with E-state index in [1.54, 1.807) is 11.1 Å². The minimum Gasteiger partial charge on any atom is -0.478 e. The summed E-state index contributed by atoms with van der Waals surface area (Å²) in [6.07, 6.45) is 2.88. The number of nitrogens with zero attached hydrogens (tertiary/aromatic N) is 3. The molecule has 0 saturated carbocycles. The van der Waals surface area contributed by atoms with Crippen LogP contribution in [0.1, 0.15) is 0 Å². The lowest BCUT2D eigenvalue weighted by atomic mass is 10.3. The lowest BCUT2D eigenvalue weighted by Gasteiger charge is -2.15. The SMILES string of the molecule is O=C(O)C1=CN2CCN=C2N=C1. The molecule has 0 amide bonds. The maximum Gasteiger partial charge on any atom is 0.338 e. The molecule has 0 saturated heterocycles. The maximum atomic E-state index is 10.5. The molecule has 62 valence electrons. The molecule has 1 N–H and O–H groups in total. The van der Waals surface area contributed by atoms with Gasteiger partial charge >= 0.3 is 5.97 Å². The third-order valence-electron chi connectivity index (χ3n) is 1.71. The van der Waals surface area contributed by atoms with Gasteiger partial charge in [0.05, 0.1) is 12.1 Å².